The maximum Gasteiger partial charge on any atom is 0.200 e. The van der Waals surface area contributed by atoms with E-state index in [-0.39, 0.29) is 24.3 Å². The summed E-state index contributed by atoms with van der Waals surface area (Å²) >= 11 is 0. The highest BCUT2D eigenvalue weighted by Gasteiger charge is 2.53. The topological polar surface area (TPSA) is 3.24 Å². The van der Waals surface area contributed by atoms with Gasteiger partial charge in [-0.05, 0) is 23.3 Å². The summed E-state index contributed by atoms with van der Waals surface area (Å²) in [6.07, 6.45) is 0. The highest BCUT2D eigenvalue weighted by Crippen LogP contribution is 2.60. The maximum atomic E-state index is 16.2. The molecule has 0 saturated heterocycles. The molecule has 53 heavy (non-hydrogen) atoms. The fraction of sp³-hybridized carbons (Fsp3) is 0.0270. The number of benzene rings is 6. The van der Waals surface area contributed by atoms with Crippen molar-refractivity contribution < 1.29 is 65.9 Å². The Morgan fingerprint density at radius 2 is 0.660 bits per heavy atom. The van der Waals surface area contributed by atoms with Crippen molar-refractivity contribution in [2.45, 2.75) is 5.41 Å². The molecule has 0 bridgehead atoms. The summed E-state index contributed by atoms with van der Waals surface area (Å²) in [5.74, 6) is -34.4. The van der Waals surface area contributed by atoms with Crippen LogP contribution in [0.3, 0.4) is 0 Å². The molecular weight excluding hydrogens is 743 g/mol. The molecule has 270 valence electrons. The molecular formula is C37H12F15N. The summed E-state index contributed by atoms with van der Waals surface area (Å²) in [6, 6.07) is 8.53. The number of nitrogens with zero attached hydrogens (tertiary/aromatic N) is 1. The molecule has 0 aliphatic carbocycles. The van der Waals surface area contributed by atoms with Gasteiger partial charge < -0.3 is 4.90 Å². The van der Waals surface area contributed by atoms with Crippen LogP contribution in [0.5, 0.6) is 0 Å². The van der Waals surface area contributed by atoms with Gasteiger partial charge >= 0.3 is 0 Å². The number of para-hydroxylation sites is 2. The third-order valence-electron chi connectivity index (χ3n) is 8.79. The Kier molecular flexibility index (Phi) is 8.26. The molecule has 0 amide bonds. The molecule has 6 aromatic carbocycles. The largest absolute Gasteiger partial charge is 0.304 e. The molecule has 16 heteroatoms. The molecule has 1 nitrogen and oxygen atoms in total. The lowest BCUT2D eigenvalue weighted by atomic mass is 9.61. The van der Waals surface area contributed by atoms with E-state index in [0.717, 1.165) is 48.5 Å². The molecule has 0 saturated carbocycles. The number of rotatable bonds is 4. The van der Waals surface area contributed by atoms with Gasteiger partial charge in [0.25, 0.3) is 0 Å². The van der Waals surface area contributed by atoms with Gasteiger partial charge in [-0.15, -0.1) is 0 Å². The number of hydrogen-bond acceptors (Lipinski definition) is 1. The average Bonchev–Trinajstić information content (AvgIpc) is 3.10. The van der Waals surface area contributed by atoms with Gasteiger partial charge in [-0.1, -0.05) is 36.4 Å². The van der Waals surface area contributed by atoms with Crippen molar-refractivity contribution in [3.05, 3.63) is 182 Å². The smallest absolute Gasteiger partial charge is 0.200 e. The number of hydrogen-bond donors (Lipinski definition) is 0. The highest BCUT2D eigenvalue weighted by atomic mass is 19.2. The second kappa shape index (κ2) is 12.3. The van der Waals surface area contributed by atoms with Crippen molar-refractivity contribution >= 4 is 17.1 Å². The van der Waals surface area contributed by atoms with E-state index in [2.05, 4.69) is 0 Å². The summed E-state index contributed by atoms with van der Waals surface area (Å²) < 4.78 is 228. The van der Waals surface area contributed by atoms with Crippen molar-refractivity contribution in [3.63, 3.8) is 0 Å². The van der Waals surface area contributed by atoms with Gasteiger partial charge in [-0.25, -0.2) is 65.9 Å². The SMILES string of the molecule is Fc1cc(F)c(C2(c3c(F)cc(F)cc3F)c3ccccc3N(c3c(F)c(F)c(-c4c(F)c(F)c(F)c(F)c4F)c(F)c3F)c3ccccc32)c(F)c1. The van der Waals surface area contributed by atoms with Crippen LogP contribution in [0, 0.1) is 87.3 Å². The summed E-state index contributed by atoms with van der Waals surface area (Å²) in [4.78, 5) is 0.348. The minimum Gasteiger partial charge on any atom is -0.304 e. The van der Waals surface area contributed by atoms with Gasteiger partial charge in [0.2, 0.25) is 5.82 Å². The molecule has 1 aliphatic heterocycles. The van der Waals surface area contributed by atoms with Crippen LogP contribution in [0.1, 0.15) is 22.3 Å². The lowest BCUT2D eigenvalue weighted by molar-refractivity contribution is 0.379. The quantitative estimate of drug-likeness (QED) is 0.0982. The van der Waals surface area contributed by atoms with Crippen molar-refractivity contribution in [2.24, 2.45) is 0 Å². The molecule has 6 aromatic rings. The minimum absolute atomic E-state index is 0.138. The van der Waals surface area contributed by atoms with E-state index >= 15 is 35.1 Å². The average molecular weight is 755 g/mol. The zero-order valence-corrected chi connectivity index (χ0v) is 25.5. The first-order chi connectivity index (χ1) is 25.0. The van der Waals surface area contributed by atoms with Crippen LogP contribution in [-0.4, -0.2) is 0 Å². The van der Waals surface area contributed by atoms with E-state index in [1.807, 2.05) is 0 Å². The van der Waals surface area contributed by atoms with E-state index in [9.17, 15) is 30.7 Å². The van der Waals surface area contributed by atoms with Gasteiger partial charge in [-0.2, -0.15) is 0 Å². The lowest BCUT2D eigenvalue weighted by Crippen LogP contribution is -2.41. The molecule has 0 radical (unpaired) electrons. The van der Waals surface area contributed by atoms with Crippen LogP contribution in [0.15, 0.2) is 72.8 Å². The second-order valence-electron chi connectivity index (χ2n) is 11.5. The van der Waals surface area contributed by atoms with E-state index in [1.54, 1.807) is 0 Å². The van der Waals surface area contributed by atoms with Gasteiger partial charge in [0.15, 0.2) is 46.5 Å². The molecule has 0 unspecified atom stereocenters. The fourth-order valence-corrected chi connectivity index (χ4v) is 6.81. The Morgan fingerprint density at radius 3 is 1.02 bits per heavy atom. The molecule has 7 rings (SSSR count). The fourth-order valence-electron chi connectivity index (χ4n) is 6.81. The normalized spacial score (nSPS) is 13.3. The Balaban J connectivity index is 1.64. The summed E-state index contributed by atoms with van der Waals surface area (Å²) in [5.41, 5.74) is -15.0. The predicted molar refractivity (Wildman–Crippen MR) is 158 cm³/mol. The van der Waals surface area contributed by atoms with E-state index in [0.29, 0.717) is 4.90 Å². The van der Waals surface area contributed by atoms with Crippen molar-refractivity contribution in [2.75, 3.05) is 4.90 Å². The minimum atomic E-state index is -3.01. The van der Waals surface area contributed by atoms with E-state index in [4.69, 9.17) is 0 Å². The van der Waals surface area contributed by atoms with Gasteiger partial charge in [0, 0.05) is 35.4 Å². The van der Waals surface area contributed by atoms with Crippen LogP contribution in [-0.2, 0) is 5.41 Å². The number of anilines is 3. The first-order valence-corrected chi connectivity index (χ1v) is 14.7. The molecule has 1 aliphatic rings. The van der Waals surface area contributed by atoms with Crippen molar-refractivity contribution in [1.82, 2.24) is 0 Å². The second-order valence-corrected chi connectivity index (χ2v) is 11.5. The molecule has 0 aromatic heterocycles. The summed E-state index contributed by atoms with van der Waals surface area (Å²) in [6.45, 7) is 0. The van der Waals surface area contributed by atoms with Crippen LogP contribution in [0.4, 0.5) is 82.9 Å². The number of fused-ring (bicyclic) bond motifs is 2. The third-order valence-corrected chi connectivity index (χ3v) is 8.79. The Morgan fingerprint density at radius 1 is 0.358 bits per heavy atom. The Bertz CT molecular complexity index is 2340. The number of halogens is 15. The monoisotopic (exact) mass is 755 g/mol. The van der Waals surface area contributed by atoms with Crippen LogP contribution < -0.4 is 4.90 Å². The van der Waals surface area contributed by atoms with Gasteiger partial charge in [-0.3, -0.25) is 0 Å². The molecule has 0 spiro atoms. The first kappa shape index (κ1) is 35.5. The van der Waals surface area contributed by atoms with Crippen LogP contribution in [0.2, 0.25) is 0 Å². The van der Waals surface area contributed by atoms with Gasteiger partial charge in [0.05, 0.1) is 27.9 Å². The third kappa shape index (κ3) is 4.83. The molecule has 0 fully saturated rings. The summed E-state index contributed by atoms with van der Waals surface area (Å²) in [7, 11) is 0. The molecule has 0 atom stereocenters. The molecule has 0 N–H and O–H groups in total. The summed E-state index contributed by atoms with van der Waals surface area (Å²) in [5, 5.41) is 0. The standard InChI is InChI=1S/C37H12F15N/c38-13-9-17(40)25(18(41)10-13)37(26-19(42)11-14(39)12-20(26)43)15-5-1-3-7-21(15)53(22-8-4-2-6-16(22)37)36-34(51)29(46)24(30(47)35(36)52)23-27(44)31(48)33(50)32(49)28(23)45/h1-12H. The zero-order valence-electron chi connectivity index (χ0n) is 25.5. The van der Waals surface area contributed by atoms with Crippen LogP contribution in [0.25, 0.3) is 11.1 Å². The highest BCUT2D eigenvalue weighted by molar-refractivity contribution is 5.90. The van der Waals surface area contributed by atoms with Crippen LogP contribution >= 0.6 is 0 Å². The van der Waals surface area contributed by atoms with Gasteiger partial charge in [0.1, 0.15) is 40.6 Å². The van der Waals surface area contributed by atoms with E-state index < -0.39 is 143 Å². The lowest BCUT2D eigenvalue weighted by Gasteiger charge is -2.46. The predicted octanol–water partition coefficient (Wildman–Crippen LogP) is 11.6. The first-order valence-electron chi connectivity index (χ1n) is 14.7. The van der Waals surface area contributed by atoms with Crippen molar-refractivity contribution in [3.8, 4) is 11.1 Å². The Labute approximate surface area is 286 Å². The zero-order chi connectivity index (χ0) is 38.4. The van der Waals surface area contributed by atoms with Crippen molar-refractivity contribution in [1.29, 1.82) is 0 Å². The Hall–Kier alpha value is -5.93. The molecule has 1 heterocycles. The van der Waals surface area contributed by atoms with E-state index in [1.165, 1.54) is 0 Å². The maximum absolute atomic E-state index is 16.2.